The quantitative estimate of drug-likeness (QED) is 0.905. The molecule has 1 saturated heterocycles. The van der Waals surface area contributed by atoms with Crippen molar-refractivity contribution in [2.24, 2.45) is 11.7 Å². The first-order valence-electron chi connectivity index (χ1n) is 5.79. The number of methoxy groups -OCH3 is 1. The molecule has 0 amide bonds. The molecule has 1 fully saturated rings. The molecule has 96 valence electrons. The van der Waals surface area contributed by atoms with E-state index in [1.54, 1.807) is 7.11 Å². The molecule has 0 saturated carbocycles. The summed E-state index contributed by atoms with van der Waals surface area (Å²) in [7, 11) is 1.69. The van der Waals surface area contributed by atoms with Gasteiger partial charge in [-0.2, -0.15) is 0 Å². The van der Waals surface area contributed by atoms with Crippen molar-refractivity contribution in [3.63, 3.8) is 0 Å². The third-order valence-corrected chi connectivity index (χ3v) is 3.27. The predicted molar refractivity (Wildman–Crippen MR) is 70.7 cm³/mol. The highest BCUT2D eigenvalue weighted by Gasteiger charge is 2.24. The maximum atomic E-state index is 6.31. The van der Waals surface area contributed by atoms with Gasteiger partial charge in [0.05, 0.1) is 7.11 Å². The van der Waals surface area contributed by atoms with Gasteiger partial charge in [-0.3, -0.25) is 0 Å². The number of benzene rings is 1. The standard InChI is InChI=1S/C13H19NO2.ClH/c1-15-12-5-3-2-4-11(12)13(14)10-6-8-16-9-7-10;/h2-5,10,13H,6-9,14H2,1H3;1H/t13-;/m0./s1. The minimum atomic E-state index is 0. The molecule has 1 aromatic carbocycles. The second kappa shape index (κ2) is 6.84. The Morgan fingerprint density at radius 3 is 2.59 bits per heavy atom. The van der Waals surface area contributed by atoms with Crippen molar-refractivity contribution in [3.05, 3.63) is 29.8 Å². The summed E-state index contributed by atoms with van der Waals surface area (Å²) in [6.07, 6.45) is 2.08. The molecule has 1 atom stereocenters. The van der Waals surface area contributed by atoms with E-state index in [9.17, 15) is 0 Å². The summed E-state index contributed by atoms with van der Waals surface area (Å²) in [5, 5.41) is 0. The van der Waals surface area contributed by atoms with Crippen LogP contribution in [-0.4, -0.2) is 20.3 Å². The van der Waals surface area contributed by atoms with Crippen molar-refractivity contribution in [2.75, 3.05) is 20.3 Å². The van der Waals surface area contributed by atoms with Gasteiger partial charge in [-0.05, 0) is 24.8 Å². The number of rotatable bonds is 3. The molecule has 0 unspecified atom stereocenters. The van der Waals surface area contributed by atoms with Crippen LogP contribution < -0.4 is 10.5 Å². The molecule has 3 nitrogen and oxygen atoms in total. The van der Waals surface area contributed by atoms with E-state index >= 15 is 0 Å². The van der Waals surface area contributed by atoms with E-state index in [0.717, 1.165) is 37.4 Å². The Kier molecular flexibility index (Phi) is 5.75. The Morgan fingerprint density at radius 2 is 1.94 bits per heavy atom. The molecule has 2 rings (SSSR count). The molecular weight excluding hydrogens is 238 g/mol. The lowest BCUT2D eigenvalue weighted by atomic mass is 9.87. The molecule has 0 spiro atoms. The zero-order valence-corrected chi connectivity index (χ0v) is 10.9. The molecule has 1 aliphatic rings. The minimum absolute atomic E-state index is 0. The molecule has 2 N–H and O–H groups in total. The fourth-order valence-electron chi connectivity index (χ4n) is 2.27. The first-order chi connectivity index (χ1) is 7.83. The highest BCUT2D eigenvalue weighted by atomic mass is 35.5. The normalized spacial score (nSPS) is 18.2. The smallest absolute Gasteiger partial charge is 0.123 e. The first kappa shape index (κ1) is 14.3. The highest BCUT2D eigenvalue weighted by Crippen LogP contribution is 2.32. The lowest BCUT2D eigenvalue weighted by Gasteiger charge is -2.28. The Bertz CT molecular complexity index is 340. The van der Waals surface area contributed by atoms with E-state index in [-0.39, 0.29) is 18.4 Å². The van der Waals surface area contributed by atoms with Gasteiger partial charge in [0.25, 0.3) is 0 Å². The zero-order chi connectivity index (χ0) is 11.4. The van der Waals surface area contributed by atoms with E-state index in [2.05, 4.69) is 6.07 Å². The van der Waals surface area contributed by atoms with Gasteiger partial charge in [0, 0.05) is 24.8 Å². The van der Waals surface area contributed by atoms with E-state index < -0.39 is 0 Å². The summed E-state index contributed by atoms with van der Waals surface area (Å²) >= 11 is 0. The van der Waals surface area contributed by atoms with Crippen LogP contribution >= 0.6 is 12.4 Å². The van der Waals surface area contributed by atoms with Crippen LogP contribution in [0.2, 0.25) is 0 Å². The summed E-state index contributed by atoms with van der Waals surface area (Å²) in [5.41, 5.74) is 7.42. The van der Waals surface area contributed by atoms with Crippen molar-refractivity contribution in [3.8, 4) is 5.75 Å². The van der Waals surface area contributed by atoms with E-state index in [4.69, 9.17) is 15.2 Å². The Morgan fingerprint density at radius 1 is 1.29 bits per heavy atom. The summed E-state index contributed by atoms with van der Waals surface area (Å²) in [6, 6.07) is 8.06. The van der Waals surface area contributed by atoms with Gasteiger partial charge in [0.15, 0.2) is 0 Å². The summed E-state index contributed by atoms with van der Waals surface area (Å²) in [4.78, 5) is 0. The van der Waals surface area contributed by atoms with Crippen LogP contribution in [0.1, 0.15) is 24.4 Å². The minimum Gasteiger partial charge on any atom is -0.496 e. The summed E-state index contributed by atoms with van der Waals surface area (Å²) < 4.78 is 10.7. The Hall–Kier alpha value is -0.770. The highest BCUT2D eigenvalue weighted by molar-refractivity contribution is 5.85. The topological polar surface area (TPSA) is 44.5 Å². The fourth-order valence-corrected chi connectivity index (χ4v) is 2.27. The Labute approximate surface area is 109 Å². The largest absolute Gasteiger partial charge is 0.496 e. The van der Waals surface area contributed by atoms with Gasteiger partial charge in [-0.25, -0.2) is 0 Å². The maximum Gasteiger partial charge on any atom is 0.123 e. The van der Waals surface area contributed by atoms with Crippen molar-refractivity contribution < 1.29 is 9.47 Å². The molecule has 0 aromatic heterocycles. The number of hydrogen-bond acceptors (Lipinski definition) is 3. The van der Waals surface area contributed by atoms with Crippen LogP contribution in [0.4, 0.5) is 0 Å². The molecule has 4 heteroatoms. The lowest BCUT2D eigenvalue weighted by Crippen LogP contribution is -2.27. The molecule has 1 heterocycles. The number of halogens is 1. The number of ether oxygens (including phenoxy) is 2. The summed E-state index contributed by atoms with van der Waals surface area (Å²) in [5.74, 6) is 1.39. The van der Waals surface area contributed by atoms with E-state index in [0.29, 0.717) is 5.92 Å². The van der Waals surface area contributed by atoms with Gasteiger partial charge in [0.1, 0.15) is 5.75 Å². The second-order valence-electron chi connectivity index (χ2n) is 4.22. The number of hydrogen-bond donors (Lipinski definition) is 1. The third-order valence-electron chi connectivity index (χ3n) is 3.27. The second-order valence-corrected chi connectivity index (χ2v) is 4.22. The molecular formula is C13H20ClNO2. The van der Waals surface area contributed by atoms with Crippen molar-refractivity contribution in [1.29, 1.82) is 0 Å². The SMILES string of the molecule is COc1ccccc1[C@@H](N)C1CCOCC1.Cl. The number of nitrogens with two attached hydrogens (primary N) is 1. The van der Waals surface area contributed by atoms with Crippen LogP contribution in [-0.2, 0) is 4.74 Å². The van der Waals surface area contributed by atoms with Crippen LogP contribution in [0.3, 0.4) is 0 Å². The molecule has 0 radical (unpaired) electrons. The molecule has 1 aliphatic heterocycles. The molecule has 0 bridgehead atoms. The fraction of sp³-hybridized carbons (Fsp3) is 0.538. The van der Waals surface area contributed by atoms with Crippen molar-refractivity contribution in [1.82, 2.24) is 0 Å². The molecule has 0 aliphatic carbocycles. The van der Waals surface area contributed by atoms with Gasteiger partial charge < -0.3 is 15.2 Å². The number of para-hydroxylation sites is 1. The van der Waals surface area contributed by atoms with Crippen molar-refractivity contribution in [2.45, 2.75) is 18.9 Å². The molecule has 1 aromatic rings. The lowest BCUT2D eigenvalue weighted by molar-refractivity contribution is 0.0581. The zero-order valence-electron chi connectivity index (χ0n) is 10.1. The average molecular weight is 258 g/mol. The average Bonchev–Trinajstić information content (AvgIpc) is 2.39. The van der Waals surface area contributed by atoms with Crippen LogP contribution in [0, 0.1) is 5.92 Å². The van der Waals surface area contributed by atoms with Gasteiger partial charge in [-0.1, -0.05) is 18.2 Å². The Balaban J connectivity index is 0.00000144. The monoisotopic (exact) mass is 257 g/mol. The van der Waals surface area contributed by atoms with Gasteiger partial charge in [-0.15, -0.1) is 12.4 Å². The van der Waals surface area contributed by atoms with Crippen LogP contribution in [0.15, 0.2) is 24.3 Å². The van der Waals surface area contributed by atoms with Gasteiger partial charge >= 0.3 is 0 Å². The third kappa shape index (κ3) is 3.35. The van der Waals surface area contributed by atoms with Crippen LogP contribution in [0.25, 0.3) is 0 Å². The predicted octanol–water partition coefficient (Wildman–Crippen LogP) is 2.54. The maximum absolute atomic E-state index is 6.31. The van der Waals surface area contributed by atoms with Crippen molar-refractivity contribution >= 4 is 12.4 Å². The van der Waals surface area contributed by atoms with Crippen LogP contribution in [0.5, 0.6) is 5.75 Å². The van der Waals surface area contributed by atoms with E-state index in [1.165, 1.54) is 0 Å². The van der Waals surface area contributed by atoms with Gasteiger partial charge in [0.2, 0.25) is 0 Å². The molecule has 17 heavy (non-hydrogen) atoms. The van der Waals surface area contributed by atoms with E-state index in [1.807, 2.05) is 18.2 Å². The first-order valence-corrected chi connectivity index (χ1v) is 5.79. The summed E-state index contributed by atoms with van der Waals surface area (Å²) in [6.45, 7) is 1.65.